The lowest BCUT2D eigenvalue weighted by Crippen LogP contribution is -2.01. The van der Waals surface area contributed by atoms with Crippen LogP contribution < -0.4 is 5.84 Å². The van der Waals surface area contributed by atoms with Crippen LogP contribution >= 0.6 is 15.9 Å². The molecule has 0 radical (unpaired) electrons. The standard InChI is InChI=1S/C9H11BrN2/c1-2-9(12-11)7-3-5-8(10)6-4-7/h3-6H,2,11H2,1H3. The van der Waals surface area contributed by atoms with E-state index >= 15 is 0 Å². The van der Waals surface area contributed by atoms with E-state index in [0.717, 1.165) is 22.2 Å². The van der Waals surface area contributed by atoms with E-state index in [1.54, 1.807) is 0 Å². The molecule has 1 aromatic carbocycles. The lowest BCUT2D eigenvalue weighted by atomic mass is 10.1. The minimum atomic E-state index is 0.859. The zero-order chi connectivity index (χ0) is 8.97. The Morgan fingerprint density at radius 1 is 1.42 bits per heavy atom. The summed E-state index contributed by atoms with van der Waals surface area (Å²) in [6, 6.07) is 7.96. The molecule has 0 saturated carbocycles. The molecule has 12 heavy (non-hydrogen) atoms. The number of rotatable bonds is 2. The van der Waals surface area contributed by atoms with Crippen molar-refractivity contribution >= 4 is 21.6 Å². The fraction of sp³-hybridized carbons (Fsp3) is 0.222. The first-order valence-electron chi connectivity index (χ1n) is 3.80. The Labute approximate surface area is 80.6 Å². The number of halogens is 1. The van der Waals surface area contributed by atoms with Crippen molar-refractivity contribution in [2.45, 2.75) is 13.3 Å². The van der Waals surface area contributed by atoms with Crippen LogP contribution in [0.1, 0.15) is 18.9 Å². The molecular formula is C9H11BrN2. The summed E-state index contributed by atoms with van der Waals surface area (Å²) in [6.45, 7) is 2.04. The van der Waals surface area contributed by atoms with Crippen LogP contribution in [0.3, 0.4) is 0 Å². The Kier molecular flexibility index (Phi) is 3.29. The molecule has 0 fully saturated rings. The van der Waals surface area contributed by atoms with Crippen LogP contribution in [0.5, 0.6) is 0 Å². The van der Waals surface area contributed by atoms with Crippen LogP contribution in [0, 0.1) is 0 Å². The first-order chi connectivity index (χ1) is 5.77. The van der Waals surface area contributed by atoms with Crippen LogP contribution in [-0.4, -0.2) is 5.71 Å². The van der Waals surface area contributed by atoms with Crippen molar-refractivity contribution in [3.8, 4) is 0 Å². The van der Waals surface area contributed by atoms with Gasteiger partial charge in [-0.1, -0.05) is 35.0 Å². The number of hydrogen-bond donors (Lipinski definition) is 1. The molecule has 0 aromatic heterocycles. The second-order valence-electron chi connectivity index (χ2n) is 2.44. The van der Waals surface area contributed by atoms with Gasteiger partial charge in [-0.25, -0.2) is 0 Å². The highest BCUT2D eigenvalue weighted by molar-refractivity contribution is 9.10. The van der Waals surface area contributed by atoms with E-state index in [9.17, 15) is 0 Å². The Morgan fingerprint density at radius 2 is 2.00 bits per heavy atom. The maximum atomic E-state index is 5.23. The highest BCUT2D eigenvalue weighted by Crippen LogP contribution is 2.11. The predicted octanol–water partition coefficient (Wildman–Crippen LogP) is 2.52. The number of benzene rings is 1. The van der Waals surface area contributed by atoms with Crippen molar-refractivity contribution in [1.29, 1.82) is 0 Å². The first kappa shape index (κ1) is 9.26. The van der Waals surface area contributed by atoms with E-state index in [0.29, 0.717) is 0 Å². The van der Waals surface area contributed by atoms with E-state index in [1.165, 1.54) is 0 Å². The average Bonchev–Trinajstić information content (AvgIpc) is 2.10. The van der Waals surface area contributed by atoms with Gasteiger partial charge in [0.05, 0.1) is 5.71 Å². The van der Waals surface area contributed by atoms with Crippen molar-refractivity contribution in [2.24, 2.45) is 10.9 Å². The summed E-state index contributed by atoms with van der Waals surface area (Å²) in [7, 11) is 0. The molecule has 0 aliphatic carbocycles. The van der Waals surface area contributed by atoms with Gasteiger partial charge in [0.15, 0.2) is 0 Å². The van der Waals surface area contributed by atoms with Crippen molar-refractivity contribution in [2.75, 3.05) is 0 Å². The second kappa shape index (κ2) is 4.26. The molecule has 64 valence electrons. The van der Waals surface area contributed by atoms with E-state index < -0.39 is 0 Å². The number of hydrazone groups is 1. The SMILES string of the molecule is CCC(=NN)c1ccc(Br)cc1. The minimum Gasteiger partial charge on any atom is -0.323 e. The van der Waals surface area contributed by atoms with Gasteiger partial charge >= 0.3 is 0 Å². The number of nitrogens with zero attached hydrogens (tertiary/aromatic N) is 1. The zero-order valence-electron chi connectivity index (χ0n) is 6.92. The summed E-state index contributed by atoms with van der Waals surface area (Å²) in [5.41, 5.74) is 2.02. The second-order valence-corrected chi connectivity index (χ2v) is 3.35. The molecule has 0 atom stereocenters. The van der Waals surface area contributed by atoms with Crippen LogP contribution in [0.4, 0.5) is 0 Å². The van der Waals surface area contributed by atoms with Crippen molar-refractivity contribution < 1.29 is 0 Å². The smallest absolute Gasteiger partial charge is 0.0670 e. The molecule has 0 amide bonds. The molecule has 0 heterocycles. The molecule has 2 nitrogen and oxygen atoms in total. The molecule has 0 saturated heterocycles. The van der Waals surface area contributed by atoms with Gasteiger partial charge in [-0.2, -0.15) is 5.10 Å². The third-order valence-electron chi connectivity index (χ3n) is 1.67. The molecule has 1 rings (SSSR count). The molecule has 1 aromatic rings. The zero-order valence-corrected chi connectivity index (χ0v) is 8.51. The summed E-state index contributed by atoms with van der Waals surface area (Å²) in [4.78, 5) is 0. The lowest BCUT2D eigenvalue weighted by Gasteiger charge is -2.01. The van der Waals surface area contributed by atoms with Gasteiger partial charge in [0, 0.05) is 4.47 Å². The summed E-state index contributed by atoms with van der Waals surface area (Å²) in [5.74, 6) is 5.23. The topological polar surface area (TPSA) is 38.4 Å². The molecule has 3 heteroatoms. The third-order valence-corrected chi connectivity index (χ3v) is 2.20. The summed E-state index contributed by atoms with van der Waals surface area (Å²) < 4.78 is 1.07. The van der Waals surface area contributed by atoms with Gasteiger partial charge in [0.25, 0.3) is 0 Å². The van der Waals surface area contributed by atoms with Gasteiger partial charge in [-0.05, 0) is 24.1 Å². The monoisotopic (exact) mass is 226 g/mol. The quantitative estimate of drug-likeness (QED) is 0.470. The Morgan fingerprint density at radius 3 is 2.42 bits per heavy atom. The fourth-order valence-corrected chi connectivity index (χ4v) is 1.28. The normalized spacial score (nSPS) is 11.7. The van der Waals surface area contributed by atoms with Crippen molar-refractivity contribution in [3.63, 3.8) is 0 Å². The van der Waals surface area contributed by atoms with Crippen molar-refractivity contribution in [1.82, 2.24) is 0 Å². The lowest BCUT2D eigenvalue weighted by molar-refractivity contribution is 1.17. The summed E-state index contributed by atoms with van der Waals surface area (Å²) in [6.07, 6.45) is 0.859. The van der Waals surface area contributed by atoms with Crippen LogP contribution in [-0.2, 0) is 0 Å². The van der Waals surface area contributed by atoms with Crippen LogP contribution in [0.25, 0.3) is 0 Å². The first-order valence-corrected chi connectivity index (χ1v) is 4.60. The van der Waals surface area contributed by atoms with Gasteiger partial charge in [0.2, 0.25) is 0 Å². The highest BCUT2D eigenvalue weighted by Gasteiger charge is 1.98. The van der Waals surface area contributed by atoms with E-state index in [4.69, 9.17) is 5.84 Å². The van der Waals surface area contributed by atoms with Gasteiger partial charge in [-0.15, -0.1) is 0 Å². The number of hydrogen-bond acceptors (Lipinski definition) is 2. The van der Waals surface area contributed by atoms with E-state index in [2.05, 4.69) is 21.0 Å². The molecule has 0 aliphatic rings. The molecular weight excluding hydrogens is 216 g/mol. The molecule has 0 bridgehead atoms. The van der Waals surface area contributed by atoms with Crippen molar-refractivity contribution in [3.05, 3.63) is 34.3 Å². The summed E-state index contributed by atoms with van der Waals surface area (Å²) >= 11 is 3.37. The Bertz CT molecular complexity index is 277. The molecule has 0 spiro atoms. The van der Waals surface area contributed by atoms with Gasteiger partial charge in [-0.3, -0.25) is 0 Å². The van der Waals surface area contributed by atoms with Gasteiger partial charge in [0.1, 0.15) is 0 Å². The van der Waals surface area contributed by atoms with E-state index in [-0.39, 0.29) is 0 Å². The van der Waals surface area contributed by atoms with E-state index in [1.807, 2.05) is 31.2 Å². The fourth-order valence-electron chi connectivity index (χ4n) is 1.01. The van der Waals surface area contributed by atoms with Gasteiger partial charge < -0.3 is 5.84 Å². The van der Waals surface area contributed by atoms with Crippen LogP contribution in [0.15, 0.2) is 33.8 Å². The molecule has 0 aliphatic heterocycles. The summed E-state index contributed by atoms with van der Waals surface area (Å²) in [5, 5.41) is 3.71. The average molecular weight is 227 g/mol. The molecule has 2 N–H and O–H groups in total. The maximum Gasteiger partial charge on any atom is 0.0670 e. The maximum absolute atomic E-state index is 5.23. The molecule has 0 unspecified atom stereocenters. The number of nitrogens with two attached hydrogens (primary N) is 1. The Hall–Kier alpha value is -0.830. The predicted molar refractivity (Wildman–Crippen MR) is 55.2 cm³/mol. The largest absolute Gasteiger partial charge is 0.323 e. The van der Waals surface area contributed by atoms with Crippen LogP contribution in [0.2, 0.25) is 0 Å². The minimum absolute atomic E-state index is 0.859. The highest BCUT2D eigenvalue weighted by atomic mass is 79.9. The third kappa shape index (κ3) is 2.08. The Balaban J connectivity index is 2.96.